The summed E-state index contributed by atoms with van der Waals surface area (Å²) in [6.07, 6.45) is 2.79. The van der Waals surface area contributed by atoms with Crippen LogP contribution in [0.1, 0.15) is 37.4 Å². The van der Waals surface area contributed by atoms with Gasteiger partial charge in [0.25, 0.3) is 0 Å². The summed E-state index contributed by atoms with van der Waals surface area (Å²) in [5.74, 6) is 2.82. The summed E-state index contributed by atoms with van der Waals surface area (Å²) < 4.78 is 6.05. The van der Waals surface area contributed by atoms with Gasteiger partial charge >= 0.3 is 0 Å². The van der Waals surface area contributed by atoms with Gasteiger partial charge in [-0.1, -0.05) is 31.7 Å². The molecule has 150 valence electrons. The highest BCUT2D eigenvalue weighted by Gasteiger charge is 2.25. The van der Waals surface area contributed by atoms with Gasteiger partial charge in [0.2, 0.25) is 11.8 Å². The lowest BCUT2D eigenvalue weighted by atomic mass is 10.2. The van der Waals surface area contributed by atoms with E-state index in [4.69, 9.17) is 10.00 Å². The van der Waals surface area contributed by atoms with Crippen molar-refractivity contribution in [3.63, 3.8) is 0 Å². The van der Waals surface area contributed by atoms with E-state index in [1.807, 2.05) is 54.6 Å². The lowest BCUT2D eigenvalue weighted by molar-refractivity contribution is 0.469. The number of aromatic amines is 1. The van der Waals surface area contributed by atoms with Crippen LogP contribution in [-0.4, -0.2) is 20.2 Å². The normalized spacial score (nSPS) is 12.8. The number of rotatable bonds is 6. The van der Waals surface area contributed by atoms with Gasteiger partial charge in [0.1, 0.15) is 5.75 Å². The van der Waals surface area contributed by atoms with Crippen molar-refractivity contribution in [3.05, 3.63) is 65.9 Å². The molecule has 2 heterocycles. The molecular weight excluding hydrogens is 376 g/mol. The molecular formula is C23H22N6O. The van der Waals surface area contributed by atoms with Gasteiger partial charge in [-0.25, -0.2) is 4.98 Å². The topological polar surface area (TPSA) is 99.5 Å². The second kappa shape index (κ2) is 8.21. The Bertz CT molecular complexity index is 1200. The van der Waals surface area contributed by atoms with Crippen LogP contribution in [0, 0.1) is 11.3 Å². The van der Waals surface area contributed by atoms with Gasteiger partial charge in [-0.2, -0.15) is 15.3 Å². The number of fused-ring (bicyclic) bond motifs is 1. The molecule has 4 aromatic rings. The fourth-order valence-corrected chi connectivity index (χ4v) is 3.18. The molecule has 0 saturated heterocycles. The van der Waals surface area contributed by atoms with E-state index in [1.165, 1.54) is 12.8 Å². The van der Waals surface area contributed by atoms with Crippen molar-refractivity contribution in [3.8, 4) is 17.7 Å². The number of benzene rings is 2. The number of H-pyrrole nitrogens is 1. The molecule has 1 aliphatic carbocycles. The summed E-state index contributed by atoms with van der Waals surface area (Å²) in [6.45, 7) is 0. The van der Waals surface area contributed by atoms with Crippen molar-refractivity contribution in [2.75, 3.05) is 5.32 Å². The molecule has 1 saturated carbocycles. The Balaban J connectivity index is 0.00000218. The lowest BCUT2D eigenvalue weighted by Gasteiger charge is -2.10. The lowest BCUT2D eigenvalue weighted by Crippen LogP contribution is -2.00. The van der Waals surface area contributed by atoms with Gasteiger partial charge in [-0.15, -0.1) is 0 Å². The number of aromatic nitrogens is 4. The zero-order valence-corrected chi connectivity index (χ0v) is 15.6. The molecule has 1 fully saturated rings. The third-order valence-electron chi connectivity index (χ3n) is 4.84. The number of nitrogens with one attached hydrogen (secondary N) is 2. The van der Waals surface area contributed by atoms with Gasteiger partial charge in [0, 0.05) is 17.7 Å². The molecule has 5 rings (SSSR count). The van der Waals surface area contributed by atoms with Crippen molar-refractivity contribution in [1.29, 1.82) is 5.26 Å². The van der Waals surface area contributed by atoms with Crippen LogP contribution in [-0.2, 0) is 6.42 Å². The van der Waals surface area contributed by atoms with Crippen LogP contribution in [0.3, 0.4) is 0 Å². The van der Waals surface area contributed by atoms with Gasteiger partial charge in [0.15, 0.2) is 5.82 Å². The highest BCUT2D eigenvalue weighted by molar-refractivity contribution is 5.85. The van der Waals surface area contributed by atoms with E-state index >= 15 is 0 Å². The largest absolute Gasteiger partial charge is 0.438 e. The van der Waals surface area contributed by atoms with Crippen LogP contribution in [0.2, 0.25) is 0 Å². The van der Waals surface area contributed by atoms with E-state index in [2.05, 4.69) is 31.6 Å². The van der Waals surface area contributed by atoms with E-state index in [9.17, 15) is 0 Å². The average molecular weight is 398 g/mol. The SMILES string of the molecule is C.N#CCc1ccc(Oc2nc(Nc3cc(C4CC4)[nH]n3)nc3ccccc23)cc1. The molecule has 7 nitrogen and oxygen atoms in total. The van der Waals surface area contributed by atoms with Crippen molar-refractivity contribution in [2.45, 2.75) is 32.6 Å². The first-order chi connectivity index (χ1) is 14.3. The number of anilines is 2. The van der Waals surface area contributed by atoms with Crippen molar-refractivity contribution in [2.24, 2.45) is 0 Å². The van der Waals surface area contributed by atoms with Crippen LogP contribution < -0.4 is 10.1 Å². The summed E-state index contributed by atoms with van der Waals surface area (Å²) in [7, 11) is 0. The van der Waals surface area contributed by atoms with Crippen molar-refractivity contribution >= 4 is 22.7 Å². The summed E-state index contributed by atoms with van der Waals surface area (Å²) in [5.41, 5.74) is 2.86. The third kappa shape index (κ3) is 4.08. The molecule has 2 aromatic heterocycles. The number of para-hydroxylation sites is 1. The molecule has 30 heavy (non-hydrogen) atoms. The molecule has 0 atom stereocenters. The predicted molar refractivity (Wildman–Crippen MR) is 116 cm³/mol. The number of nitriles is 1. The zero-order chi connectivity index (χ0) is 19.6. The van der Waals surface area contributed by atoms with Crippen LogP contribution in [0.4, 0.5) is 11.8 Å². The summed E-state index contributed by atoms with van der Waals surface area (Å²) in [6, 6.07) is 19.3. The highest BCUT2D eigenvalue weighted by Crippen LogP contribution is 2.39. The van der Waals surface area contributed by atoms with Crippen molar-refractivity contribution < 1.29 is 4.74 Å². The first-order valence-corrected chi connectivity index (χ1v) is 9.51. The monoisotopic (exact) mass is 398 g/mol. The number of hydrogen-bond donors (Lipinski definition) is 2. The molecule has 0 unspecified atom stereocenters. The van der Waals surface area contributed by atoms with Crippen LogP contribution in [0.25, 0.3) is 10.9 Å². The molecule has 7 heteroatoms. The van der Waals surface area contributed by atoms with E-state index in [0.29, 0.717) is 35.7 Å². The first kappa shape index (κ1) is 19.4. The minimum Gasteiger partial charge on any atom is -0.438 e. The standard InChI is InChI=1S/C22H18N6O.CH4/c23-12-11-14-5-9-16(10-6-14)29-21-17-3-1-2-4-18(17)24-22(26-21)25-20-13-19(27-28-20)15-7-8-15;/h1-6,9-10,13,15H,7-8,11H2,(H2,24,25,26,27,28);1H4. The zero-order valence-electron chi connectivity index (χ0n) is 15.6. The molecule has 0 aliphatic heterocycles. The maximum atomic E-state index is 8.82. The van der Waals surface area contributed by atoms with Gasteiger partial charge < -0.3 is 10.1 Å². The number of nitrogens with zero attached hydrogens (tertiary/aromatic N) is 4. The minimum absolute atomic E-state index is 0. The number of hydrogen-bond acceptors (Lipinski definition) is 6. The molecule has 0 radical (unpaired) electrons. The minimum atomic E-state index is 0. The first-order valence-electron chi connectivity index (χ1n) is 9.51. The molecule has 2 aromatic carbocycles. The molecule has 1 aliphatic rings. The summed E-state index contributed by atoms with van der Waals surface area (Å²) >= 11 is 0. The molecule has 0 spiro atoms. The average Bonchev–Trinajstić information content (AvgIpc) is 3.49. The molecule has 0 bridgehead atoms. The fraction of sp³-hybridized carbons (Fsp3) is 0.217. The Morgan fingerprint density at radius 3 is 2.67 bits per heavy atom. The summed E-state index contributed by atoms with van der Waals surface area (Å²) in [4.78, 5) is 9.16. The molecule has 2 N–H and O–H groups in total. The smallest absolute Gasteiger partial charge is 0.232 e. The van der Waals surface area contributed by atoms with Crippen LogP contribution in [0.15, 0.2) is 54.6 Å². The Morgan fingerprint density at radius 2 is 1.90 bits per heavy atom. The second-order valence-corrected chi connectivity index (χ2v) is 7.06. The highest BCUT2D eigenvalue weighted by atomic mass is 16.5. The predicted octanol–water partition coefficient (Wildman–Crippen LogP) is 5.47. The maximum absolute atomic E-state index is 8.82. The number of ether oxygens (including phenoxy) is 1. The third-order valence-corrected chi connectivity index (χ3v) is 4.84. The van der Waals surface area contributed by atoms with Crippen LogP contribution >= 0.6 is 0 Å². The van der Waals surface area contributed by atoms with Crippen LogP contribution in [0.5, 0.6) is 11.6 Å². The Kier molecular flexibility index (Phi) is 5.31. The van der Waals surface area contributed by atoms with Crippen molar-refractivity contribution in [1.82, 2.24) is 20.2 Å². The maximum Gasteiger partial charge on any atom is 0.232 e. The van der Waals surface area contributed by atoms with E-state index in [1.54, 1.807) is 0 Å². The Morgan fingerprint density at radius 1 is 1.10 bits per heavy atom. The molecule has 0 amide bonds. The van der Waals surface area contributed by atoms with E-state index < -0.39 is 0 Å². The quantitative estimate of drug-likeness (QED) is 0.447. The Hall–Kier alpha value is -3.92. The van der Waals surface area contributed by atoms with Gasteiger partial charge in [-0.05, 0) is 42.7 Å². The van der Waals surface area contributed by atoms with Gasteiger partial charge in [-0.3, -0.25) is 5.10 Å². The second-order valence-electron chi connectivity index (χ2n) is 7.06. The van der Waals surface area contributed by atoms with Gasteiger partial charge in [0.05, 0.1) is 23.4 Å². The van der Waals surface area contributed by atoms with E-state index in [-0.39, 0.29) is 7.43 Å². The summed E-state index contributed by atoms with van der Waals surface area (Å²) in [5, 5.41) is 20.2. The fourth-order valence-electron chi connectivity index (χ4n) is 3.18. The van der Waals surface area contributed by atoms with E-state index in [0.717, 1.165) is 22.2 Å². The Labute approximate surface area is 174 Å².